The summed E-state index contributed by atoms with van der Waals surface area (Å²) in [6.07, 6.45) is 0.408. The average molecular weight is 323 g/mol. The summed E-state index contributed by atoms with van der Waals surface area (Å²) in [5, 5.41) is 5.10. The lowest BCUT2D eigenvalue weighted by molar-refractivity contribution is 0.121. The first kappa shape index (κ1) is 14.8. The standard InChI is InChI=1S/C13H17N5O3S/c1-3-9-8-10(19)18-11(14-9)22-12(15-18)16-4-6-17(7-5-16)13(20)21-2/h8H,3-7H2,1-2H3. The van der Waals surface area contributed by atoms with Gasteiger partial charge < -0.3 is 14.5 Å². The molecule has 0 bridgehead atoms. The van der Waals surface area contributed by atoms with E-state index in [9.17, 15) is 9.59 Å². The van der Waals surface area contributed by atoms with Gasteiger partial charge in [0.15, 0.2) is 0 Å². The SMILES string of the molecule is CCc1cc(=O)n2nc(N3CCN(C(=O)OC)CC3)sc2n1. The monoisotopic (exact) mass is 323 g/mol. The van der Waals surface area contributed by atoms with E-state index >= 15 is 0 Å². The maximum atomic E-state index is 12.0. The van der Waals surface area contributed by atoms with Crippen molar-refractivity contribution in [3.8, 4) is 0 Å². The molecule has 3 heterocycles. The second kappa shape index (κ2) is 5.91. The van der Waals surface area contributed by atoms with E-state index < -0.39 is 0 Å². The molecule has 9 heteroatoms. The van der Waals surface area contributed by atoms with E-state index in [0.29, 0.717) is 31.1 Å². The molecule has 1 fully saturated rings. The van der Waals surface area contributed by atoms with Crippen LogP contribution in [0, 0.1) is 0 Å². The Morgan fingerprint density at radius 1 is 1.36 bits per heavy atom. The normalized spacial score (nSPS) is 15.4. The van der Waals surface area contributed by atoms with E-state index in [0.717, 1.165) is 17.2 Å². The summed E-state index contributed by atoms with van der Waals surface area (Å²) in [5.41, 5.74) is 0.619. The predicted molar refractivity (Wildman–Crippen MR) is 82.7 cm³/mol. The van der Waals surface area contributed by atoms with Crippen LogP contribution in [0.2, 0.25) is 0 Å². The van der Waals surface area contributed by atoms with Gasteiger partial charge in [-0.3, -0.25) is 4.79 Å². The number of nitrogens with zero attached hydrogens (tertiary/aromatic N) is 5. The van der Waals surface area contributed by atoms with Gasteiger partial charge in [-0.15, -0.1) is 5.10 Å². The minimum atomic E-state index is -0.311. The number of methoxy groups -OCH3 is 1. The number of amides is 1. The number of hydrogen-bond donors (Lipinski definition) is 0. The van der Waals surface area contributed by atoms with Crippen molar-refractivity contribution in [2.75, 3.05) is 38.2 Å². The summed E-state index contributed by atoms with van der Waals surface area (Å²) in [6, 6.07) is 1.52. The van der Waals surface area contributed by atoms with Gasteiger partial charge in [0.05, 0.1) is 7.11 Å². The Kier molecular flexibility index (Phi) is 3.97. The Bertz CT molecular complexity index is 748. The number of aromatic nitrogens is 3. The zero-order valence-electron chi connectivity index (χ0n) is 12.5. The van der Waals surface area contributed by atoms with E-state index in [-0.39, 0.29) is 11.7 Å². The Labute approximate surface area is 130 Å². The Hall–Kier alpha value is -2.16. The van der Waals surface area contributed by atoms with Crippen LogP contribution < -0.4 is 10.5 Å². The van der Waals surface area contributed by atoms with Crippen LogP contribution in [0.3, 0.4) is 0 Å². The molecule has 0 N–H and O–H groups in total. The van der Waals surface area contributed by atoms with Crippen molar-refractivity contribution in [1.82, 2.24) is 19.5 Å². The van der Waals surface area contributed by atoms with Gasteiger partial charge in [-0.05, 0) is 6.42 Å². The Morgan fingerprint density at radius 3 is 2.73 bits per heavy atom. The highest BCUT2D eigenvalue weighted by Gasteiger charge is 2.24. The second-order valence-electron chi connectivity index (χ2n) is 4.96. The number of fused-ring (bicyclic) bond motifs is 1. The molecule has 3 rings (SSSR count). The molecule has 0 radical (unpaired) electrons. The number of carbonyl (C=O) groups is 1. The number of piperazine rings is 1. The maximum Gasteiger partial charge on any atom is 0.409 e. The van der Waals surface area contributed by atoms with E-state index in [4.69, 9.17) is 4.74 Å². The predicted octanol–water partition coefficient (Wildman–Crippen LogP) is 0.602. The molecule has 2 aromatic heterocycles. The lowest BCUT2D eigenvalue weighted by Crippen LogP contribution is -2.48. The summed E-state index contributed by atoms with van der Waals surface area (Å²) >= 11 is 1.39. The summed E-state index contributed by atoms with van der Waals surface area (Å²) < 4.78 is 6.06. The van der Waals surface area contributed by atoms with Gasteiger partial charge in [0.1, 0.15) is 0 Å². The first-order valence-corrected chi connectivity index (χ1v) is 7.91. The fourth-order valence-electron chi connectivity index (χ4n) is 2.36. The van der Waals surface area contributed by atoms with Gasteiger partial charge in [-0.25, -0.2) is 9.78 Å². The number of aryl methyl sites for hydroxylation is 1. The summed E-state index contributed by atoms with van der Waals surface area (Å²) in [5.74, 6) is 0. The highest BCUT2D eigenvalue weighted by Crippen LogP contribution is 2.22. The minimum absolute atomic E-state index is 0.155. The quantitative estimate of drug-likeness (QED) is 0.805. The van der Waals surface area contributed by atoms with Crippen molar-refractivity contribution in [3.05, 3.63) is 22.1 Å². The number of hydrogen-bond acceptors (Lipinski definition) is 7. The van der Waals surface area contributed by atoms with Gasteiger partial charge >= 0.3 is 6.09 Å². The third-order valence-corrected chi connectivity index (χ3v) is 4.60. The molecule has 0 spiro atoms. The van der Waals surface area contributed by atoms with Crippen molar-refractivity contribution in [2.45, 2.75) is 13.3 Å². The molecule has 1 aliphatic heterocycles. The van der Waals surface area contributed by atoms with Crippen LogP contribution in [0.15, 0.2) is 10.9 Å². The van der Waals surface area contributed by atoms with Crippen molar-refractivity contribution in [2.24, 2.45) is 0 Å². The van der Waals surface area contributed by atoms with Crippen LogP contribution in [0.5, 0.6) is 0 Å². The van der Waals surface area contributed by atoms with Gasteiger partial charge in [0.25, 0.3) is 5.56 Å². The van der Waals surface area contributed by atoms with Crippen LogP contribution in [-0.4, -0.2) is 58.9 Å². The summed E-state index contributed by atoms with van der Waals surface area (Å²) in [4.78, 5) is 32.3. The molecule has 22 heavy (non-hydrogen) atoms. The third-order valence-electron chi connectivity index (χ3n) is 3.63. The number of anilines is 1. The minimum Gasteiger partial charge on any atom is -0.453 e. The molecule has 0 atom stereocenters. The van der Waals surface area contributed by atoms with Gasteiger partial charge in [0, 0.05) is 37.9 Å². The molecule has 0 aliphatic carbocycles. The molecule has 8 nitrogen and oxygen atoms in total. The first-order valence-electron chi connectivity index (χ1n) is 7.10. The molecule has 2 aromatic rings. The van der Waals surface area contributed by atoms with Crippen LogP contribution in [0.1, 0.15) is 12.6 Å². The van der Waals surface area contributed by atoms with Crippen LogP contribution in [0.25, 0.3) is 4.96 Å². The topological polar surface area (TPSA) is 80.0 Å². The molecule has 0 saturated carbocycles. The molecule has 0 unspecified atom stereocenters. The molecule has 1 amide bonds. The fourth-order valence-corrected chi connectivity index (χ4v) is 3.34. The zero-order chi connectivity index (χ0) is 15.7. The van der Waals surface area contributed by atoms with Crippen molar-refractivity contribution in [3.63, 3.8) is 0 Å². The van der Waals surface area contributed by atoms with Crippen LogP contribution in [0.4, 0.5) is 9.93 Å². The lowest BCUT2D eigenvalue weighted by Gasteiger charge is -2.33. The van der Waals surface area contributed by atoms with E-state index in [1.54, 1.807) is 4.90 Å². The summed E-state index contributed by atoms with van der Waals surface area (Å²) in [7, 11) is 1.38. The molecule has 0 aromatic carbocycles. The lowest BCUT2D eigenvalue weighted by atomic mass is 10.3. The fraction of sp³-hybridized carbons (Fsp3) is 0.538. The number of rotatable bonds is 2. The Morgan fingerprint density at radius 2 is 2.09 bits per heavy atom. The third kappa shape index (κ3) is 2.63. The Balaban J connectivity index is 1.82. The highest BCUT2D eigenvalue weighted by atomic mass is 32.1. The number of ether oxygens (including phenoxy) is 1. The highest BCUT2D eigenvalue weighted by molar-refractivity contribution is 7.20. The zero-order valence-corrected chi connectivity index (χ0v) is 13.3. The molecule has 118 valence electrons. The van der Waals surface area contributed by atoms with Crippen LogP contribution in [-0.2, 0) is 11.2 Å². The van der Waals surface area contributed by atoms with Crippen LogP contribution >= 0.6 is 11.3 Å². The maximum absolute atomic E-state index is 12.0. The second-order valence-corrected chi connectivity index (χ2v) is 5.90. The molecular formula is C13H17N5O3S. The molecule has 1 saturated heterocycles. The summed E-state index contributed by atoms with van der Waals surface area (Å²) in [6.45, 7) is 4.43. The van der Waals surface area contributed by atoms with Crippen molar-refractivity contribution in [1.29, 1.82) is 0 Å². The molecule has 1 aliphatic rings. The molecular weight excluding hydrogens is 306 g/mol. The largest absolute Gasteiger partial charge is 0.453 e. The van der Waals surface area contributed by atoms with E-state index in [1.165, 1.54) is 29.0 Å². The van der Waals surface area contributed by atoms with E-state index in [1.807, 2.05) is 6.92 Å². The smallest absolute Gasteiger partial charge is 0.409 e. The first-order chi connectivity index (χ1) is 10.6. The van der Waals surface area contributed by atoms with Crippen molar-refractivity contribution < 1.29 is 9.53 Å². The number of carbonyl (C=O) groups excluding carboxylic acids is 1. The van der Waals surface area contributed by atoms with E-state index in [2.05, 4.69) is 15.0 Å². The van der Waals surface area contributed by atoms with Gasteiger partial charge in [-0.1, -0.05) is 18.3 Å². The van der Waals surface area contributed by atoms with Gasteiger partial charge in [-0.2, -0.15) is 4.52 Å². The van der Waals surface area contributed by atoms with Gasteiger partial charge in [0.2, 0.25) is 10.1 Å². The average Bonchev–Trinajstić information content (AvgIpc) is 2.98. The van der Waals surface area contributed by atoms with Crippen molar-refractivity contribution >= 4 is 27.5 Å².